The quantitative estimate of drug-likeness (QED) is 0.806. The third kappa shape index (κ3) is 2.56. The van der Waals surface area contributed by atoms with E-state index in [-0.39, 0.29) is 12.0 Å². The van der Waals surface area contributed by atoms with Crippen LogP contribution >= 0.6 is 0 Å². The average Bonchev–Trinajstić information content (AvgIpc) is 2.93. The first-order chi connectivity index (χ1) is 7.20. The van der Waals surface area contributed by atoms with E-state index in [9.17, 15) is 5.11 Å². The maximum Gasteiger partial charge on any atom is 0.232 e. The number of hydrogen-bond acceptors (Lipinski definition) is 4. The fourth-order valence-corrected chi connectivity index (χ4v) is 1.63. The summed E-state index contributed by atoms with van der Waals surface area (Å²) in [6.45, 7) is 3.87. The summed E-state index contributed by atoms with van der Waals surface area (Å²) >= 11 is 0. The molecule has 1 saturated carbocycles. The second-order valence-corrected chi connectivity index (χ2v) is 4.46. The lowest BCUT2D eigenvalue weighted by Crippen LogP contribution is -2.14. The molecule has 0 aromatic carbocycles. The van der Waals surface area contributed by atoms with Gasteiger partial charge in [-0.15, -0.1) is 0 Å². The van der Waals surface area contributed by atoms with E-state index in [1.807, 2.05) is 13.8 Å². The predicted molar refractivity (Wildman–Crippen MR) is 55.4 cm³/mol. The first-order valence-corrected chi connectivity index (χ1v) is 5.71. The van der Waals surface area contributed by atoms with Gasteiger partial charge >= 0.3 is 0 Å². The van der Waals surface area contributed by atoms with Crippen molar-refractivity contribution in [3.63, 3.8) is 0 Å². The average molecular weight is 210 g/mol. The molecule has 0 saturated heterocycles. The molecule has 1 fully saturated rings. The Hall–Kier alpha value is -0.900. The summed E-state index contributed by atoms with van der Waals surface area (Å²) in [6, 6.07) is 0. The highest BCUT2D eigenvalue weighted by Gasteiger charge is 2.26. The van der Waals surface area contributed by atoms with Crippen LogP contribution in [0.25, 0.3) is 0 Å². The molecule has 84 valence electrons. The van der Waals surface area contributed by atoms with E-state index in [0.717, 1.165) is 18.2 Å². The Labute approximate surface area is 89.7 Å². The minimum absolute atomic E-state index is 0.0598. The minimum Gasteiger partial charge on any atom is -0.392 e. The predicted octanol–water partition coefficient (Wildman–Crippen LogP) is 1.90. The molecule has 0 radical (unpaired) electrons. The largest absolute Gasteiger partial charge is 0.392 e. The molecule has 2 rings (SSSR count). The lowest BCUT2D eigenvalue weighted by molar-refractivity contribution is 0.129. The molecule has 2 atom stereocenters. The summed E-state index contributed by atoms with van der Waals surface area (Å²) in [5.74, 6) is 2.07. The van der Waals surface area contributed by atoms with Gasteiger partial charge in [0.05, 0.1) is 12.0 Å². The van der Waals surface area contributed by atoms with Gasteiger partial charge in [0, 0.05) is 6.42 Å². The summed E-state index contributed by atoms with van der Waals surface area (Å²) < 4.78 is 5.16. The highest BCUT2D eigenvalue weighted by molar-refractivity contribution is 4.97. The number of rotatable bonds is 5. The van der Waals surface area contributed by atoms with Gasteiger partial charge in [-0.2, -0.15) is 4.98 Å². The first kappa shape index (κ1) is 10.6. The van der Waals surface area contributed by atoms with Crippen LogP contribution in [0.1, 0.15) is 50.7 Å². The first-order valence-electron chi connectivity index (χ1n) is 5.71. The van der Waals surface area contributed by atoms with Crippen molar-refractivity contribution in [2.24, 2.45) is 5.92 Å². The van der Waals surface area contributed by atoms with E-state index in [1.54, 1.807) is 0 Å². The molecule has 1 N–H and O–H groups in total. The van der Waals surface area contributed by atoms with Crippen LogP contribution in [0.2, 0.25) is 0 Å². The Balaban J connectivity index is 1.98. The Morgan fingerprint density at radius 3 is 2.87 bits per heavy atom. The van der Waals surface area contributed by atoms with Crippen molar-refractivity contribution in [3.8, 4) is 0 Å². The van der Waals surface area contributed by atoms with Gasteiger partial charge in [0.2, 0.25) is 5.89 Å². The van der Waals surface area contributed by atoms with Crippen molar-refractivity contribution in [1.82, 2.24) is 10.1 Å². The van der Waals surface area contributed by atoms with Crippen LogP contribution < -0.4 is 0 Å². The number of hydrogen-bond donors (Lipinski definition) is 1. The Bertz CT molecular complexity index is 320. The van der Waals surface area contributed by atoms with Crippen molar-refractivity contribution in [2.45, 2.75) is 51.6 Å². The van der Waals surface area contributed by atoms with Gasteiger partial charge in [0.1, 0.15) is 0 Å². The van der Waals surface area contributed by atoms with Gasteiger partial charge in [0.25, 0.3) is 0 Å². The minimum atomic E-state index is -0.390. The van der Waals surface area contributed by atoms with Crippen LogP contribution in [-0.4, -0.2) is 21.4 Å². The van der Waals surface area contributed by atoms with Crippen LogP contribution in [0, 0.1) is 5.92 Å². The molecule has 15 heavy (non-hydrogen) atoms. The molecule has 0 amide bonds. The molecule has 1 aliphatic rings. The van der Waals surface area contributed by atoms with Crippen molar-refractivity contribution < 1.29 is 9.63 Å². The molecule has 2 unspecified atom stereocenters. The number of aromatic nitrogens is 2. The third-order valence-corrected chi connectivity index (χ3v) is 3.04. The van der Waals surface area contributed by atoms with Crippen LogP contribution in [0.15, 0.2) is 4.52 Å². The van der Waals surface area contributed by atoms with Gasteiger partial charge in [-0.25, -0.2) is 0 Å². The van der Waals surface area contributed by atoms with E-state index >= 15 is 0 Å². The van der Waals surface area contributed by atoms with E-state index in [4.69, 9.17) is 4.52 Å². The third-order valence-electron chi connectivity index (χ3n) is 3.04. The SMILES string of the molecule is CCC(O)C(C)c1nc(CC2CC2)no1. The Kier molecular flexibility index (Phi) is 3.05. The van der Waals surface area contributed by atoms with Crippen molar-refractivity contribution in [2.75, 3.05) is 0 Å². The molecule has 1 aromatic rings. The molecule has 4 nitrogen and oxygen atoms in total. The topological polar surface area (TPSA) is 59.2 Å². The van der Waals surface area contributed by atoms with Crippen LogP contribution in [0.4, 0.5) is 0 Å². The van der Waals surface area contributed by atoms with Crippen molar-refractivity contribution in [3.05, 3.63) is 11.7 Å². The Morgan fingerprint density at radius 2 is 2.27 bits per heavy atom. The van der Waals surface area contributed by atoms with Gasteiger partial charge < -0.3 is 9.63 Å². The molecular formula is C11H18N2O2. The summed E-state index contributed by atoms with van der Waals surface area (Å²) in [5, 5.41) is 13.6. The van der Waals surface area contributed by atoms with Gasteiger partial charge in [-0.1, -0.05) is 19.0 Å². The fourth-order valence-electron chi connectivity index (χ4n) is 1.63. The lowest BCUT2D eigenvalue weighted by Gasteiger charge is -2.11. The zero-order chi connectivity index (χ0) is 10.8. The fraction of sp³-hybridized carbons (Fsp3) is 0.818. The summed E-state index contributed by atoms with van der Waals surface area (Å²) in [4.78, 5) is 4.32. The van der Waals surface area contributed by atoms with E-state index in [2.05, 4.69) is 10.1 Å². The monoisotopic (exact) mass is 210 g/mol. The van der Waals surface area contributed by atoms with Crippen molar-refractivity contribution >= 4 is 0 Å². The smallest absolute Gasteiger partial charge is 0.232 e. The molecule has 4 heteroatoms. The van der Waals surface area contributed by atoms with Gasteiger partial charge in [-0.3, -0.25) is 0 Å². The maximum atomic E-state index is 9.66. The Morgan fingerprint density at radius 1 is 1.53 bits per heavy atom. The van der Waals surface area contributed by atoms with Crippen molar-refractivity contribution in [1.29, 1.82) is 0 Å². The van der Waals surface area contributed by atoms with Crippen LogP contribution in [0.5, 0.6) is 0 Å². The normalized spacial score (nSPS) is 20.2. The highest BCUT2D eigenvalue weighted by Crippen LogP contribution is 2.32. The standard InChI is InChI=1S/C11H18N2O2/c1-3-9(14)7(2)11-12-10(13-15-11)6-8-4-5-8/h7-9,14H,3-6H2,1-2H3. The molecule has 0 bridgehead atoms. The van der Waals surface area contributed by atoms with E-state index in [0.29, 0.717) is 12.3 Å². The second-order valence-electron chi connectivity index (χ2n) is 4.46. The number of aliphatic hydroxyl groups is 1. The zero-order valence-corrected chi connectivity index (χ0v) is 9.31. The van der Waals surface area contributed by atoms with Crippen LogP contribution in [0.3, 0.4) is 0 Å². The van der Waals surface area contributed by atoms with E-state index in [1.165, 1.54) is 12.8 Å². The van der Waals surface area contributed by atoms with Crippen LogP contribution in [-0.2, 0) is 6.42 Å². The number of nitrogens with zero attached hydrogens (tertiary/aromatic N) is 2. The maximum absolute atomic E-state index is 9.66. The summed E-state index contributed by atoms with van der Waals surface area (Å²) in [5.41, 5.74) is 0. The molecule has 0 aliphatic heterocycles. The van der Waals surface area contributed by atoms with Gasteiger partial charge in [0.15, 0.2) is 5.82 Å². The summed E-state index contributed by atoms with van der Waals surface area (Å²) in [6.07, 6.45) is 3.83. The molecule has 0 spiro atoms. The molecule has 1 aliphatic carbocycles. The van der Waals surface area contributed by atoms with E-state index < -0.39 is 0 Å². The molecular weight excluding hydrogens is 192 g/mol. The summed E-state index contributed by atoms with van der Waals surface area (Å²) in [7, 11) is 0. The van der Waals surface area contributed by atoms with Gasteiger partial charge in [-0.05, 0) is 25.2 Å². The molecule has 1 aromatic heterocycles. The second kappa shape index (κ2) is 4.31. The lowest BCUT2D eigenvalue weighted by atomic mass is 10.0. The number of aliphatic hydroxyl groups excluding tert-OH is 1. The molecule has 1 heterocycles. The zero-order valence-electron chi connectivity index (χ0n) is 9.31. The highest BCUT2D eigenvalue weighted by atomic mass is 16.5.